The number of para-hydroxylation sites is 4. The molecule has 13 rings (SSSR count). The van der Waals surface area contributed by atoms with E-state index in [2.05, 4.69) is 202 Å². The molecular formula is C52H31N3. The van der Waals surface area contributed by atoms with Crippen LogP contribution in [0, 0.1) is 0 Å². The van der Waals surface area contributed by atoms with Crippen molar-refractivity contribution in [1.82, 2.24) is 13.5 Å². The van der Waals surface area contributed by atoms with Crippen molar-refractivity contribution >= 4 is 92.5 Å². The zero-order valence-corrected chi connectivity index (χ0v) is 29.7. The lowest BCUT2D eigenvalue weighted by atomic mass is 10.0. The molecule has 0 bridgehead atoms. The highest BCUT2D eigenvalue weighted by atomic mass is 15.0. The first kappa shape index (κ1) is 29.1. The summed E-state index contributed by atoms with van der Waals surface area (Å²) in [6.07, 6.45) is 0. The largest absolute Gasteiger partial charge is 0.309 e. The fourth-order valence-electron chi connectivity index (χ4n) is 9.74. The number of hydrogen-bond donors (Lipinski definition) is 0. The number of benzene rings is 9. The van der Waals surface area contributed by atoms with Gasteiger partial charge in [0.2, 0.25) is 0 Å². The Kier molecular flexibility index (Phi) is 5.63. The van der Waals surface area contributed by atoms with Crippen molar-refractivity contribution in [2.24, 2.45) is 0 Å². The van der Waals surface area contributed by atoms with Gasteiger partial charge >= 0.3 is 0 Å². The number of rotatable bonds is 3. The highest BCUT2D eigenvalue weighted by molar-refractivity contribution is 6.23. The third kappa shape index (κ3) is 3.89. The Morgan fingerprint density at radius 1 is 0.255 bits per heavy atom. The van der Waals surface area contributed by atoms with E-state index < -0.39 is 0 Å². The summed E-state index contributed by atoms with van der Waals surface area (Å²) in [5, 5.41) is 12.7. The first-order valence-electron chi connectivity index (χ1n) is 19.0. The van der Waals surface area contributed by atoms with Gasteiger partial charge in [0.15, 0.2) is 0 Å². The van der Waals surface area contributed by atoms with Crippen LogP contribution in [0.1, 0.15) is 0 Å². The molecule has 0 N–H and O–H groups in total. The minimum Gasteiger partial charge on any atom is -0.309 e. The van der Waals surface area contributed by atoms with Crippen LogP contribution < -0.4 is 0 Å². The number of fused-ring (bicyclic) bond motifs is 13. The Bertz CT molecular complexity index is 3720. The van der Waals surface area contributed by atoms with Gasteiger partial charge in [-0.25, -0.2) is 0 Å². The minimum absolute atomic E-state index is 1.17. The van der Waals surface area contributed by atoms with Gasteiger partial charge in [0.25, 0.3) is 0 Å². The lowest BCUT2D eigenvalue weighted by Crippen LogP contribution is -1.94. The topological polar surface area (TPSA) is 14.3 Å². The van der Waals surface area contributed by atoms with Gasteiger partial charge in [-0.05, 0) is 88.6 Å². The second-order valence-corrected chi connectivity index (χ2v) is 15.0. The van der Waals surface area contributed by atoms with Gasteiger partial charge in [-0.15, -0.1) is 0 Å². The normalized spacial score (nSPS) is 12.4. The first-order chi connectivity index (χ1) is 27.3. The molecule has 0 saturated heterocycles. The van der Waals surface area contributed by atoms with Crippen LogP contribution in [-0.2, 0) is 0 Å². The second kappa shape index (κ2) is 10.6. The fraction of sp³-hybridized carbons (Fsp3) is 0. The Balaban J connectivity index is 1.00. The molecule has 4 aromatic heterocycles. The summed E-state index contributed by atoms with van der Waals surface area (Å²) in [6, 6.07) is 69.5. The Morgan fingerprint density at radius 2 is 0.727 bits per heavy atom. The van der Waals surface area contributed by atoms with Crippen LogP contribution in [-0.4, -0.2) is 13.5 Å². The molecule has 3 nitrogen and oxygen atoms in total. The quantitative estimate of drug-likeness (QED) is 0.175. The summed E-state index contributed by atoms with van der Waals surface area (Å²) in [5.41, 5.74) is 13.4. The lowest BCUT2D eigenvalue weighted by molar-refractivity contribution is 1.18. The molecule has 0 saturated carbocycles. The Hall–Kier alpha value is -7.36. The van der Waals surface area contributed by atoms with E-state index in [0.717, 1.165) is 0 Å². The molecular weight excluding hydrogens is 667 g/mol. The van der Waals surface area contributed by atoms with Crippen molar-refractivity contribution in [2.45, 2.75) is 0 Å². The zero-order chi connectivity index (χ0) is 35.8. The fourth-order valence-corrected chi connectivity index (χ4v) is 9.74. The third-order valence-electron chi connectivity index (χ3n) is 12.1. The summed E-state index contributed by atoms with van der Waals surface area (Å²) >= 11 is 0. The van der Waals surface area contributed by atoms with Crippen molar-refractivity contribution in [1.29, 1.82) is 0 Å². The van der Waals surface area contributed by atoms with Crippen molar-refractivity contribution in [2.75, 3.05) is 0 Å². The monoisotopic (exact) mass is 697 g/mol. The maximum Gasteiger partial charge on any atom is 0.0620 e. The second-order valence-electron chi connectivity index (χ2n) is 15.0. The number of nitrogens with zero attached hydrogens (tertiary/aromatic N) is 3. The van der Waals surface area contributed by atoms with E-state index in [0.29, 0.717) is 0 Å². The maximum absolute atomic E-state index is 2.47. The van der Waals surface area contributed by atoms with Crippen LogP contribution in [0.5, 0.6) is 0 Å². The zero-order valence-electron chi connectivity index (χ0n) is 29.7. The van der Waals surface area contributed by atoms with Crippen molar-refractivity contribution in [3.8, 4) is 22.5 Å². The molecule has 0 amide bonds. The van der Waals surface area contributed by atoms with E-state index in [-0.39, 0.29) is 0 Å². The Labute approximate surface area is 315 Å². The average Bonchev–Trinajstić information content (AvgIpc) is 3.97. The maximum atomic E-state index is 2.47. The molecule has 4 heterocycles. The molecule has 0 atom stereocenters. The van der Waals surface area contributed by atoms with Gasteiger partial charge in [0, 0.05) is 54.5 Å². The predicted molar refractivity (Wildman–Crippen MR) is 233 cm³/mol. The summed E-state index contributed by atoms with van der Waals surface area (Å²) in [6.45, 7) is 0. The van der Waals surface area contributed by atoms with Crippen LogP contribution >= 0.6 is 0 Å². The SMILES string of the molecule is c1ccc2cc(-n3c4ccccc4c4cc(-c5ccc6c(c5)c5ccccc5n6-c5ccc6c7cccc8c9ccccc9n(c6c5)c87)ccc43)ccc2c1. The van der Waals surface area contributed by atoms with Gasteiger partial charge in [-0.3, -0.25) is 0 Å². The van der Waals surface area contributed by atoms with Crippen molar-refractivity contribution in [3.05, 3.63) is 188 Å². The summed E-state index contributed by atoms with van der Waals surface area (Å²) in [7, 11) is 0. The van der Waals surface area contributed by atoms with Gasteiger partial charge in [0.1, 0.15) is 0 Å². The molecule has 0 aliphatic carbocycles. The molecule has 0 unspecified atom stereocenters. The highest BCUT2D eigenvalue weighted by Crippen LogP contribution is 2.42. The Morgan fingerprint density at radius 3 is 1.38 bits per heavy atom. The predicted octanol–water partition coefficient (Wildman–Crippen LogP) is 13.9. The van der Waals surface area contributed by atoms with Crippen molar-refractivity contribution in [3.63, 3.8) is 0 Å². The standard InChI is InChI=1S/C52H31N3/c1-2-11-33-28-36(23-20-32(33)10-1)53-46-17-6-4-13-39(46)44-29-34(21-26-49(44)53)35-22-27-50-45(30-35)40-14-5-7-18-47(40)54(50)37-24-25-41-43-16-9-15-42-38-12-3-8-19-48(38)55(52(42)43)51(41)31-37/h1-31H. The third-order valence-corrected chi connectivity index (χ3v) is 12.1. The molecule has 0 spiro atoms. The minimum atomic E-state index is 1.17. The molecule has 3 heteroatoms. The van der Waals surface area contributed by atoms with Gasteiger partial charge < -0.3 is 13.5 Å². The van der Waals surface area contributed by atoms with Gasteiger partial charge in [-0.1, -0.05) is 121 Å². The molecule has 254 valence electrons. The molecule has 0 aliphatic heterocycles. The van der Waals surface area contributed by atoms with Crippen LogP contribution in [0.4, 0.5) is 0 Å². The summed E-state index contributed by atoms with van der Waals surface area (Å²) in [5.74, 6) is 0. The summed E-state index contributed by atoms with van der Waals surface area (Å²) < 4.78 is 7.33. The molecule has 55 heavy (non-hydrogen) atoms. The smallest absolute Gasteiger partial charge is 0.0620 e. The lowest BCUT2D eigenvalue weighted by Gasteiger charge is -2.10. The van der Waals surface area contributed by atoms with E-state index in [1.807, 2.05) is 0 Å². The number of hydrogen-bond acceptors (Lipinski definition) is 0. The highest BCUT2D eigenvalue weighted by Gasteiger charge is 2.20. The van der Waals surface area contributed by atoms with Gasteiger partial charge in [0.05, 0.1) is 38.6 Å². The van der Waals surface area contributed by atoms with E-state index in [4.69, 9.17) is 0 Å². The van der Waals surface area contributed by atoms with Crippen LogP contribution in [0.2, 0.25) is 0 Å². The van der Waals surface area contributed by atoms with Crippen LogP contribution in [0.15, 0.2) is 188 Å². The average molecular weight is 698 g/mol. The summed E-state index contributed by atoms with van der Waals surface area (Å²) in [4.78, 5) is 0. The number of aromatic nitrogens is 3. The molecule has 0 aliphatic rings. The van der Waals surface area contributed by atoms with Crippen molar-refractivity contribution < 1.29 is 0 Å². The first-order valence-corrected chi connectivity index (χ1v) is 19.0. The van der Waals surface area contributed by atoms with E-state index in [1.54, 1.807) is 0 Å². The molecule has 13 aromatic rings. The van der Waals surface area contributed by atoms with Gasteiger partial charge in [-0.2, -0.15) is 0 Å². The van der Waals surface area contributed by atoms with Crippen LogP contribution in [0.3, 0.4) is 0 Å². The molecule has 0 fully saturated rings. The molecule has 0 radical (unpaired) electrons. The van der Waals surface area contributed by atoms with Crippen LogP contribution in [0.25, 0.3) is 115 Å². The van der Waals surface area contributed by atoms with E-state index in [9.17, 15) is 0 Å². The van der Waals surface area contributed by atoms with E-state index in [1.165, 1.54) is 115 Å². The molecule has 9 aromatic carbocycles. The van der Waals surface area contributed by atoms with E-state index >= 15 is 0 Å².